The molecule has 0 radical (unpaired) electrons. The Bertz CT molecular complexity index is 540. The highest BCUT2D eigenvalue weighted by Gasteiger charge is 2.03. The van der Waals surface area contributed by atoms with Crippen molar-refractivity contribution in [2.75, 3.05) is 7.11 Å². The van der Waals surface area contributed by atoms with Gasteiger partial charge in [-0.1, -0.05) is 23.7 Å². The summed E-state index contributed by atoms with van der Waals surface area (Å²) in [6.45, 7) is -0.0850. The molecule has 0 fully saturated rings. The van der Waals surface area contributed by atoms with Crippen molar-refractivity contribution < 1.29 is 14.6 Å². The second kappa shape index (κ2) is 5.76. The van der Waals surface area contributed by atoms with E-state index in [0.717, 1.165) is 5.75 Å². The molecule has 3 nitrogen and oxygen atoms in total. The van der Waals surface area contributed by atoms with Crippen LogP contribution in [0.1, 0.15) is 5.56 Å². The lowest BCUT2D eigenvalue weighted by molar-refractivity contribution is 0.282. The number of hydrogen-bond donors (Lipinski definition) is 1. The largest absolute Gasteiger partial charge is 0.497 e. The number of aliphatic hydroxyl groups excluding tert-OH is 1. The normalized spacial score (nSPS) is 10.2. The molecule has 0 aliphatic carbocycles. The van der Waals surface area contributed by atoms with Crippen LogP contribution in [0.3, 0.4) is 0 Å². The highest BCUT2D eigenvalue weighted by molar-refractivity contribution is 6.31. The quantitative estimate of drug-likeness (QED) is 0.916. The maximum Gasteiger partial charge on any atom is 0.131 e. The predicted octanol–water partition coefficient (Wildman–Crippen LogP) is 3.63. The van der Waals surface area contributed by atoms with E-state index in [9.17, 15) is 0 Å². The number of halogens is 1. The van der Waals surface area contributed by atoms with E-state index < -0.39 is 0 Å². The number of ether oxygens (including phenoxy) is 2. The van der Waals surface area contributed by atoms with Gasteiger partial charge < -0.3 is 14.6 Å². The molecule has 0 heterocycles. The third kappa shape index (κ3) is 2.94. The average molecular weight is 265 g/mol. The summed E-state index contributed by atoms with van der Waals surface area (Å²) in [6, 6.07) is 12.5. The Morgan fingerprint density at radius 1 is 1.06 bits per heavy atom. The summed E-state index contributed by atoms with van der Waals surface area (Å²) < 4.78 is 10.8. The molecule has 2 aromatic rings. The highest BCUT2D eigenvalue weighted by Crippen LogP contribution is 2.28. The van der Waals surface area contributed by atoms with Crippen LogP contribution in [0.2, 0.25) is 5.02 Å². The van der Waals surface area contributed by atoms with Gasteiger partial charge in [-0.15, -0.1) is 0 Å². The molecule has 4 heteroatoms. The van der Waals surface area contributed by atoms with Gasteiger partial charge in [0.2, 0.25) is 0 Å². The first kappa shape index (κ1) is 12.7. The molecule has 94 valence electrons. The summed E-state index contributed by atoms with van der Waals surface area (Å²) in [6.07, 6.45) is 0. The van der Waals surface area contributed by atoms with E-state index in [4.69, 9.17) is 26.2 Å². The van der Waals surface area contributed by atoms with Gasteiger partial charge in [0.15, 0.2) is 0 Å². The van der Waals surface area contributed by atoms with Gasteiger partial charge in [0.25, 0.3) is 0 Å². The van der Waals surface area contributed by atoms with Gasteiger partial charge in [-0.3, -0.25) is 0 Å². The number of rotatable bonds is 4. The number of methoxy groups -OCH3 is 1. The standard InChI is InChI=1S/C14H13ClO3/c1-17-11-3-2-4-12(7-11)18-13-6-5-10(9-16)14(15)8-13/h2-8,16H,9H2,1H3. The first-order valence-corrected chi connectivity index (χ1v) is 5.82. The van der Waals surface area contributed by atoms with Crippen LogP contribution in [0.25, 0.3) is 0 Å². The maximum atomic E-state index is 9.03. The van der Waals surface area contributed by atoms with Crippen LogP contribution in [0.5, 0.6) is 17.2 Å². The third-order valence-corrected chi connectivity index (χ3v) is 2.82. The Balaban J connectivity index is 2.20. The zero-order chi connectivity index (χ0) is 13.0. The van der Waals surface area contributed by atoms with Crippen LogP contribution >= 0.6 is 11.6 Å². The van der Waals surface area contributed by atoms with Gasteiger partial charge >= 0.3 is 0 Å². The van der Waals surface area contributed by atoms with Crippen LogP contribution in [0, 0.1) is 0 Å². The number of benzene rings is 2. The fourth-order valence-corrected chi connectivity index (χ4v) is 1.75. The molecule has 0 aliphatic heterocycles. The molecular formula is C14H13ClO3. The zero-order valence-electron chi connectivity index (χ0n) is 9.89. The van der Waals surface area contributed by atoms with Gasteiger partial charge in [-0.2, -0.15) is 0 Å². The van der Waals surface area contributed by atoms with Crippen molar-refractivity contribution in [3.8, 4) is 17.2 Å². The summed E-state index contributed by atoms with van der Waals surface area (Å²) >= 11 is 5.99. The van der Waals surface area contributed by atoms with Gasteiger partial charge in [-0.05, 0) is 29.8 Å². The molecule has 18 heavy (non-hydrogen) atoms. The van der Waals surface area contributed by atoms with Crippen LogP contribution in [-0.2, 0) is 6.61 Å². The second-order valence-electron chi connectivity index (χ2n) is 3.69. The Hall–Kier alpha value is -1.71. The SMILES string of the molecule is COc1cccc(Oc2ccc(CO)c(Cl)c2)c1. The molecule has 2 rings (SSSR count). The average Bonchev–Trinajstić information content (AvgIpc) is 2.39. The van der Waals surface area contributed by atoms with E-state index >= 15 is 0 Å². The van der Waals surface area contributed by atoms with E-state index in [1.165, 1.54) is 0 Å². The van der Waals surface area contributed by atoms with Crippen molar-refractivity contribution >= 4 is 11.6 Å². The Morgan fingerprint density at radius 2 is 1.78 bits per heavy atom. The van der Waals surface area contributed by atoms with Crippen LogP contribution < -0.4 is 9.47 Å². The predicted molar refractivity (Wildman–Crippen MR) is 70.4 cm³/mol. The van der Waals surface area contributed by atoms with Crippen LogP contribution in [0.15, 0.2) is 42.5 Å². The van der Waals surface area contributed by atoms with Gasteiger partial charge in [0.1, 0.15) is 17.2 Å². The topological polar surface area (TPSA) is 38.7 Å². The van der Waals surface area contributed by atoms with Crippen molar-refractivity contribution in [1.82, 2.24) is 0 Å². The van der Waals surface area contributed by atoms with E-state index in [2.05, 4.69) is 0 Å². The van der Waals surface area contributed by atoms with Gasteiger partial charge in [0, 0.05) is 11.1 Å². The van der Waals surface area contributed by atoms with Crippen molar-refractivity contribution in [3.05, 3.63) is 53.1 Å². The summed E-state index contributed by atoms with van der Waals surface area (Å²) in [5, 5.41) is 9.51. The smallest absolute Gasteiger partial charge is 0.131 e. The summed E-state index contributed by atoms with van der Waals surface area (Å²) in [5.74, 6) is 2.01. The highest BCUT2D eigenvalue weighted by atomic mass is 35.5. The maximum absolute atomic E-state index is 9.03. The first-order valence-electron chi connectivity index (χ1n) is 5.44. The molecule has 0 saturated heterocycles. The Labute approximate surface area is 111 Å². The lowest BCUT2D eigenvalue weighted by Crippen LogP contribution is -1.89. The molecule has 0 atom stereocenters. The zero-order valence-corrected chi connectivity index (χ0v) is 10.6. The van der Waals surface area contributed by atoms with Crippen molar-refractivity contribution in [1.29, 1.82) is 0 Å². The molecule has 0 bridgehead atoms. The minimum Gasteiger partial charge on any atom is -0.497 e. The first-order chi connectivity index (χ1) is 8.72. The molecule has 0 aromatic heterocycles. The summed E-state index contributed by atoms with van der Waals surface area (Å²) in [5.41, 5.74) is 0.676. The van der Waals surface area contributed by atoms with E-state index in [-0.39, 0.29) is 6.61 Å². The molecular weight excluding hydrogens is 252 g/mol. The molecule has 0 amide bonds. The van der Waals surface area contributed by atoms with Crippen molar-refractivity contribution in [2.45, 2.75) is 6.61 Å². The number of aliphatic hydroxyl groups is 1. The minimum absolute atomic E-state index is 0.0850. The van der Waals surface area contributed by atoms with E-state index in [0.29, 0.717) is 22.1 Å². The van der Waals surface area contributed by atoms with Crippen LogP contribution in [-0.4, -0.2) is 12.2 Å². The lowest BCUT2D eigenvalue weighted by atomic mass is 10.2. The molecule has 0 unspecified atom stereocenters. The molecule has 1 N–H and O–H groups in total. The van der Waals surface area contributed by atoms with Crippen LogP contribution in [0.4, 0.5) is 0 Å². The van der Waals surface area contributed by atoms with E-state index in [1.807, 2.05) is 18.2 Å². The Kier molecular flexibility index (Phi) is 4.07. The van der Waals surface area contributed by atoms with Gasteiger partial charge in [-0.25, -0.2) is 0 Å². The molecule has 0 aliphatic rings. The van der Waals surface area contributed by atoms with Gasteiger partial charge in [0.05, 0.1) is 13.7 Å². The van der Waals surface area contributed by atoms with E-state index in [1.54, 1.807) is 31.4 Å². The lowest BCUT2D eigenvalue weighted by Gasteiger charge is -2.08. The number of hydrogen-bond acceptors (Lipinski definition) is 3. The second-order valence-corrected chi connectivity index (χ2v) is 4.10. The minimum atomic E-state index is -0.0850. The fraction of sp³-hybridized carbons (Fsp3) is 0.143. The van der Waals surface area contributed by atoms with Crippen molar-refractivity contribution in [2.24, 2.45) is 0 Å². The fourth-order valence-electron chi connectivity index (χ4n) is 1.52. The molecule has 0 spiro atoms. The molecule has 2 aromatic carbocycles. The third-order valence-electron chi connectivity index (χ3n) is 2.47. The summed E-state index contributed by atoms with van der Waals surface area (Å²) in [4.78, 5) is 0. The van der Waals surface area contributed by atoms with Crippen molar-refractivity contribution in [3.63, 3.8) is 0 Å². The molecule has 0 saturated carbocycles. The summed E-state index contributed by atoms with van der Waals surface area (Å²) in [7, 11) is 1.60. The monoisotopic (exact) mass is 264 g/mol. The Morgan fingerprint density at radius 3 is 2.44 bits per heavy atom.